The predicted octanol–water partition coefficient (Wildman–Crippen LogP) is 1.68. The highest BCUT2D eigenvalue weighted by molar-refractivity contribution is 5.80. The third kappa shape index (κ3) is 1.97. The monoisotopic (exact) mass is 222 g/mol. The first kappa shape index (κ1) is 11.2. The summed E-state index contributed by atoms with van der Waals surface area (Å²) in [5, 5.41) is 0. The Labute approximate surface area is 95.4 Å². The molecule has 2 rings (SSSR count). The molecule has 1 aliphatic heterocycles. The van der Waals surface area contributed by atoms with Gasteiger partial charge in [-0.25, -0.2) is 0 Å². The van der Waals surface area contributed by atoms with Gasteiger partial charge in [0.05, 0.1) is 6.26 Å². The normalized spacial score (nSPS) is 25.4. The van der Waals surface area contributed by atoms with Gasteiger partial charge in [-0.15, -0.1) is 0 Å². The van der Waals surface area contributed by atoms with Gasteiger partial charge in [-0.3, -0.25) is 4.79 Å². The number of hydrogen-bond donors (Lipinski definition) is 1. The Morgan fingerprint density at radius 3 is 3.06 bits per heavy atom. The third-order valence-corrected chi connectivity index (χ3v) is 3.06. The summed E-state index contributed by atoms with van der Waals surface area (Å²) in [6, 6.07) is 3.51. The Balaban J connectivity index is 2.16. The van der Waals surface area contributed by atoms with Crippen LogP contribution in [0.1, 0.15) is 38.0 Å². The van der Waals surface area contributed by atoms with Crippen molar-refractivity contribution in [3.8, 4) is 0 Å². The minimum absolute atomic E-state index is 0.0750. The van der Waals surface area contributed by atoms with E-state index in [0.717, 1.165) is 25.1 Å². The fourth-order valence-electron chi connectivity index (χ4n) is 2.23. The van der Waals surface area contributed by atoms with Crippen molar-refractivity contribution < 1.29 is 9.21 Å². The quantitative estimate of drug-likeness (QED) is 0.843. The van der Waals surface area contributed by atoms with Crippen molar-refractivity contribution in [3.63, 3.8) is 0 Å². The van der Waals surface area contributed by atoms with Crippen molar-refractivity contribution in [2.45, 2.75) is 38.3 Å². The smallest absolute Gasteiger partial charge is 0.224 e. The lowest BCUT2D eigenvalue weighted by Gasteiger charge is -2.24. The first-order valence-electron chi connectivity index (χ1n) is 5.82. The lowest BCUT2D eigenvalue weighted by Crippen LogP contribution is -2.33. The van der Waals surface area contributed by atoms with Crippen LogP contribution < -0.4 is 5.73 Å². The van der Waals surface area contributed by atoms with Crippen LogP contribution in [0.4, 0.5) is 0 Å². The van der Waals surface area contributed by atoms with Gasteiger partial charge in [-0.05, 0) is 18.6 Å². The molecule has 4 heteroatoms. The Hall–Kier alpha value is -1.29. The summed E-state index contributed by atoms with van der Waals surface area (Å²) in [4.78, 5) is 13.7. The largest absolute Gasteiger partial charge is 0.467 e. The standard InChI is InChI=1S/C12H18N2O2/c1-2-3-6-14-11(15)8-9(13)12(14)10-5-4-7-16-10/h4-5,7,9,12H,2-3,6,8,13H2,1H3. The zero-order valence-corrected chi connectivity index (χ0v) is 9.56. The molecule has 1 aromatic heterocycles. The number of hydrogen-bond acceptors (Lipinski definition) is 3. The second kappa shape index (κ2) is 4.70. The summed E-state index contributed by atoms with van der Waals surface area (Å²) in [5.74, 6) is 0.941. The fourth-order valence-corrected chi connectivity index (χ4v) is 2.23. The van der Waals surface area contributed by atoms with E-state index in [2.05, 4.69) is 6.92 Å². The number of carbonyl (C=O) groups is 1. The average molecular weight is 222 g/mol. The third-order valence-electron chi connectivity index (χ3n) is 3.06. The first-order chi connectivity index (χ1) is 7.74. The van der Waals surface area contributed by atoms with Gasteiger partial charge in [-0.1, -0.05) is 13.3 Å². The van der Waals surface area contributed by atoms with Crippen LogP contribution in [0.3, 0.4) is 0 Å². The molecule has 2 N–H and O–H groups in total. The molecule has 1 fully saturated rings. The summed E-state index contributed by atoms with van der Waals surface area (Å²) in [6.45, 7) is 2.89. The molecular formula is C12H18N2O2. The van der Waals surface area contributed by atoms with Crippen LogP contribution in [0, 0.1) is 0 Å². The number of furan rings is 1. The number of nitrogens with zero attached hydrogens (tertiary/aromatic N) is 1. The maximum atomic E-state index is 11.8. The van der Waals surface area contributed by atoms with E-state index < -0.39 is 0 Å². The van der Waals surface area contributed by atoms with Crippen molar-refractivity contribution in [2.24, 2.45) is 5.73 Å². The van der Waals surface area contributed by atoms with E-state index in [4.69, 9.17) is 10.2 Å². The maximum absolute atomic E-state index is 11.8. The summed E-state index contributed by atoms with van der Waals surface area (Å²) in [7, 11) is 0. The number of nitrogens with two attached hydrogens (primary N) is 1. The van der Waals surface area contributed by atoms with Crippen molar-refractivity contribution >= 4 is 5.91 Å². The molecule has 1 saturated heterocycles. The Morgan fingerprint density at radius 1 is 1.62 bits per heavy atom. The van der Waals surface area contributed by atoms with Crippen LogP contribution in [0.15, 0.2) is 22.8 Å². The van der Waals surface area contributed by atoms with Crippen LogP contribution in [0.25, 0.3) is 0 Å². The summed E-state index contributed by atoms with van der Waals surface area (Å²) in [6.07, 6.45) is 4.14. The molecule has 0 saturated carbocycles. The minimum atomic E-state index is -0.143. The van der Waals surface area contributed by atoms with Crippen LogP contribution in [-0.4, -0.2) is 23.4 Å². The predicted molar refractivity (Wildman–Crippen MR) is 60.7 cm³/mol. The van der Waals surface area contributed by atoms with Gasteiger partial charge in [0.15, 0.2) is 0 Å². The van der Waals surface area contributed by atoms with E-state index in [1.54, 1.807) is 6.26 Å². The average Bonchev–Trinajstić information content (AvgIpc) is 2.83. The van der Waals surface area contributed by atoms with Gasteiger partial charge >= 0.3 is 0 Å². The topological polar surface area (TPSA) is 59.5 Å². The highest BCUT2D eigenvalue weighted by Gasteiger charge is 2.39. The van der Waals surface area contributed by atoms with E-state index >= 15 is 0 Å². The highest BCUT2D eigenvalue weighted by atomic mass is 16.3. The SMILES string of the molecule is CCCCN1C(=O)CC(N)C1c1ccco1. The van der Waals surface area contributed by atoms with Crippen LogP contribution >= 0.6 is 0 Å². The zero-order chi connectivity index (χ0) is 11.5. The Bertz CT molecular complexity index is 348. The number of rotatable bonds is 4. The molecule has 0 spiro atoms. The molecule has 0 aromatic carbocycles. The van der Waals surface area contributed by atoms with Crippen molar-refractivity contribution in [1.82, 2.24) is 4.90 Å². The molecule has 2 heterocycles. The van der Waals surface area contributed by atoms with Gasteiger partial charge in [0.25, 0.3) is 0 Å². The Kier molecular flexibility index (Phi) is 3.29. The summed E-state index contributed by atoms with van der Waals surface area (Å²) < 4.78 is 5.37. The van der Waals surface area contributed by atoms with Gasteiger partial charge in [0.1, 0.15) is 11.8 Å². The Morgan fingerprint density at radius 2 is 2.44 bits per heavy atom. The highest BCUT2D eigenvalue weighted by Crippen LogP contribution is 2.32. The van der Waals surface area contributed by atoms with Gasteiger partial charge in [-0.2, -0.15) is 0 Å². The molecule has 0 aliphatic carbocycles. The molecule has 88 valence electrons. The number of amides is 1. The molecular weight excluding hydrogens is 204 g/mol. The maximum Gasteiger partial charge on any atom is 0.224 e. The van der Waals surface area contributed by atoms with Crippen molar-refractivity contribution in [3.05, 3.63) is 24.2 Å². The molecule has 1 aliphatic rings. The van der Waals surface area contributed by atoms with Gasteiger partial charge in [0.2, 0.25) is 5.91 Å². The first-order valence-corrected chi connectivity index (χ1v) is 5.82. The molecule has 0 radical (unpaired) electrons. The van der Waals surface area contributed by atoms with E-state index in [1.807, 2.05) is 17.0 Å². The van der Waals surface area contributed by atoms with E-state index in [-0.39, 0.29) is 18.0 Å². The van der Waals surface area contributed by atoms with Crippen LogP contribution in [0.5, 0.6) is 0 Å². The molecule has 1 aromatic rings. The van der Waals surface area contributed by atoms with Gasteiger partial charge in [0, 0.05) is 19.0 Å². The van der Waals surface area contributed by atoms with E-state index in [9.17, 15) is 4.79 Å². The number of carbonyl (C=O) groups excluding carboxylic acids is 1. The molecule has 0 bridgehead atoms. The number of unbranched alkanes of at least 4 members (excludes halogenated alkanes) is 1. The summed E-state index contributed by atoms with van der Waals surface area (Å²) >= 11 is 0. The van der Waals surface area contributed by atoms with E-state index in [0.29, 0.717) is 6.42 Å². The lowest BCUT2D eigenvalue weighted by atomic mass is 10.1. The van der Waals surface area contributed by atoms with Crippen LogP contribution in [-0.2, 0) is 4.79 Å². The minimum Gasteiger partial charge on any atom is -0.467 e. The molecule has 2 unspecified atom stereocenters. The van der Waals surface area contributed by atoms with Gasteiger partial charge < -0.3 is 15.1 Å². The zero-order valence-electron chi connectivity index (χ0n) is 9.56. The van der Waals surface area contributed by atoms with Crippen molar-refractivity contribution in [2.75, 3.05) is 6.54 Å². The van der Waals surface area contributed by atoms with Crippen molar-refractivity contribution in [1.29, 1.82) is 0 Å². The number of likely N-dealkylation sites (tertiary alicyclic amines) is 1. The molecule has 1 amide bonds. The molecule has 16 heavy (non-hydrogen) atoms. The summed E-state index contributed by atoms with van der Waals surface area (Å²) in [5.41, 5.74) is 6.00. The second-order valence-corrected chi connectivity index (χ2v) is 4.27. The lowest BCUT2D eigenvalue weighted by molar-refractivity contribution is -0.129. The van der Waals surface area contributed by atoms with E-state index in [1.165, 1.54) is 0 Å². The fraction of sp³-hybridized carbons (Fsp3) is 0.583. The second-order valence-electron chi connectivity index (χ2n) is 4.27. The van der Waals surface area contributed by atoms with Crippen LogP contribution in [0.2, 0.25) is 0 Å². The molecule has 2 atom stereocenters. The molecule has 4 nitrogen and oxygen atoms in total.